The first-order valence-electron chi connectivity index (χ1n) is 4.67. The summed E-state index contributed by atoms with van der Waals surface area (Å²) in [7, 11) is 0. The molecule has 0 spiro atoms. The molecular weight excluding hydrogens is 239 g/mol. The highest BCUT2D eigenvalue weighted by Crippen LogP contribution is 2.33. The van der Waals surface area contributed by atoms with Crippen LogP contribution in [0.1, 0.15) is 11.1 Å². The molecule has 0 nitrogen and oxygen atoms in total. The Balaban J connectivity index is 3.29. The van der Waals surface area contributed by atoms with Crippen molar-refractivity contribution in [3.05, 3.63) is 35.4 Å². The lowest BCUT2D eigenvalue weighted by atomic mass is 9.83. The smallest absolute Gasteiger partial charge is 0.249 e. The Kier molecular flexibility index (Phi) is 3.76. The van der Waals surface area contributed by atoms with E-state index < -0.39 is 30.5 Å². The third-order valence-electron chi connectivity index (χ3n) is 2.48. The topological polar surface area (TPSA) is 0 Å². The Labute approximate surface area is 95.4 Å². The Bertz CT molecular complexity index is 423. The van der Waals surface area contributed by atoms with E-state index in [0.717, 1.165) is 12.1 Å². The molecule has 0 atom stereocenters. The summed E-state index contributed by atoms with van der Waals surface area (Å²) in [6, 6.07) is 3.77. The summed E-state index contributed by atoms with van der Waals surface area (Å²) >= 11 is 0. The van der Waals surface area contributed by atoms with Crippen LogP contribution in [0.4, 0.5) is 22.0 Å². The van der Waals surface area contributed by atoms with Crippen LogP contribution in [-0.4, -0.2) is 13.3 Å². The van der Waals surface area contributed by atoms with Crippen LogP contribution in [0.2, 0.25) is 0 Å². The molecule has 0 fully saturated rings. The lowest BCUT2D eigenvalue weighted by Gasteiger charge is -2.22. The zero-order valence-electron chi connectivity index (χ0n) is 8.69. The van der Waals surface area contributed by atoms with Crippen LogP contribution in [0.3, 0.4) is 0 Å². The predicted molar refractivity (Wildman–Crippen MR) is 53.9 cm³/mol. The minimum atomic E-state index is -4.57. The van der Waals surface area contributed by atoms with Gasteiger partial charge in [0.15, 0.2) is 0 Å². The average molecular weight is 248 g/mol. The van der Waals surface area contributed by atoms with Gasteiger partial charge < -0.3 is 0 Å². The lowest BCUT2D eigenvalue weighted by Crippen LogP contribution is -2.29. The minimum absolute atomic E-state index is 0.181. The summed E-state index contributed by atoms with van der Waals surface area (Å²) in [6.07, 6.45) is 0.442. The molecule has 0 aliphatic heterocycles. The van der Waals surface area contributed by atoms with E-state index in [-0.39, 0.29) is 5.56 Å². The molecule has 0 radical (unpaired) electrons. The highest BCUT2D eigenvalue weighted by atomic mass is 19.4. The van der Waals surface area contributed by atoms with E-state index in [1.165, 1.54) is 6.07 Å². The summed E-state index contributed by atoms with van der Waals surface area (Å²) in [4.78, 5) is 0. The van der Waals surface area contributed by atoms with E-state index in [2.05, 4.69) is 0 Å². The maximum absolute atomic E-state index is 12.8. The summed E-state index contributed by atoms with van der Waals surface area (Å²) in [6.45, 7) is -2.50. The first kappa shape index (κ1) is 13.5. The quantitative estimate of drug-likeness (QED) is 0.567. The van der Waals surface area contributed by atoms with Gasteiger partial charge in [0, 0.05) is 0 Å². The second-order valence-electron chi connectivity index (χ2n) is 3.57. The van der Waals surface area contributed by atoms with Crippen LogP contribution in [0, 0.1) is 12.3 Å². The molecule has 1 aromatic carbocycles. The van der Waals surface area contributed by atoms with Crippen molar-refractivity contribution in [2.75, 3.05) is 13.3 Å². The fourth-order valence-electron chi connectivity index (χ4n) is 1.34. The van der Waals surface area contributed by atoms with Crippen LogP contribution in [0.15, 0.2) is 24.3 Å². The number of terminal acetylenes is 1. The summed E-state index contributed by atoms with van der Waals surface area (Å²) < 4.78 is 62.8. The predicted octanol–water partition coefficient (Wildman–Crippen LogP) is 3.52. The number of hydrogen-bond donors (Lipinski definition) is 0. The maximum Gasteiger partial charge on any atom is 0.416 e. The SMILES string of the molecule is C#CC(CF)(CF)c1cccc(C(F)(F)F)c1. The second-order valence-corrected chi connectivity index (χ2v) is 3.57. The van der Waals surface area contributed by atoms with Crippen molar-refractivity contribution in [3.63, 3.8) is 0 Å². The van der Waals surface area contributed by atoms with Gasteiger partial charge in [-0.1, -0.05) is 24.1 Å². The van der Waals surface area contributed by atoms with Gasteiger partial charge in [-0.05, 0) is 11.6 Å². The van der Waals surface area contributed by atoms with Gasteiger partial charge in [0.2, 0.25) is 0 Å². The molecule has 0 heterocycles. The molecule has 0 aliphatic carbocycles. The van der Waals surface area contributed by atoms with Crippen molar-refractivity contribution in [3.8, 4) is 12.3 Å². The Morgan fingerprint density at radius 2 is 1.59 bits per heavy atom. The Morgan fingerprint density at radius 1 is 1.06 bits per heavy atom. The summed E-state index contributed by atoms with van der Waals surface area (Å²) in [5, 5.41) is 0. The molecule has 0 aliphatic rings. The maximum atomic E-state index is 12.8. The molecule has 1 aromatic rings. The second kappa shape index (κ2) is 4.74. The van der Waals surface area contributed by atoms with E-state index in [4.69, 9.17) is 6.42 Å². The van der Waals surface area contributed by atoms with Crippen LogP contribution in [0.25, 0.3) is 0 Å². The van der Waals surface area contributed by atoms with Crippen LogP contribution >= 0.6 is 0 Å². The van der Waals surface area contributed by atoms with E-state index in [1.54, 1.807) is 0 Å². The average Bonchev–Trinajstić information content (AvgIpc) is 2.31. The number of benzene rings is 1. The molecule has 0 saturated carbocycles. The van der Waals surface area contributed by atoms with Gasteiger partial charge in [-0.25, -0.2) is 8.78 Å². The van der Waals surface area contributed by atoms with Crippen molar-refractivity contribution < 1.29 is 22.0 Å². The van der Waals surface area contributed by atoms with Crippen LogP contribution < -0.4 is 0 Å². The Hall–Kier alpha value is -1.57. The monoisotopic (exact) mass is 248 g/mol. The summed E-state index contributed by atoms with van der Waals surface area (Å²) in [5.41, 5.74) is -3.09. The first-order valence-corrected chi connectivity index (χ1v) is 4.67. The molecule has 17 heavy (non-hydrogen) atoms. The molecule has 0 aromatic heterocycles. The number of rotatable bonds is 3. The van der Waals surface area contributed by atoms with Gasteiger partial charge in [0.25, 0.3) is 0 Å². The zero-order valence-corrected chi connectivity index (χ0v) is 8.69. The van der Waals surface area contributed by atoms with Gasteiger partial charge in [-0.2, -0.15) is 13.2 Å². The van der Waals surface area contributed by atoms with Crippen molar-refractivity contribution in [2.24, 2.45) is 0 Å². The van der Waals surface area contributed by atoms with Gasteiger partial charge >= 0.3 is 6.18 Å². The zero-order chi connectivity index (χ0) is 13.1. The number of halogens is 5. The standard InChI is InChI=1S/C12H9F5/c1-2-11(7-13,8-14)9-4-3-5-10(6-9)12(15,16)17/h1,3-6H,7-8H2. The number of alkyl halides is 5. The minimum Gasteiger partial charge on any atom is -0.249 e. The molecule has 0 N–H and O–H groups in total. The molecular formula is C12H9F5. The van der Waals surface area contributed by atoms with Gasteiger partial charge in [-0.3, -0.25) is 0 Å². The largest absolute Gasteiger partial charge is 0.416 e. The van der Waals surface area contributed by atoms with Crippen LogP contribution in [0.5, 0.6) is 0 Å². The lowest BCUT2D eigenvalue weighted by molar-refractivity contribution is -0.137. The molecule has 0 unspecified atom stereocenters. The molecule has 92 valence electrons. The molecule has 0 bridgehead atoms. The summed E-state index contributed by atoms with van der Waals surface area (Å²) in [5.74, 6) is 1.89. The molecule has 0 amide bonds. The molecule has 5 heteroatoms. The van der Waals surface area contributed by atoms with E-state index in [1.807, 2.05) is 5.92 Å². The fraction of sp³-hybridized carbons (Fsp3) is 0.333. The first-order chi connectivity index (χ1) is 7.89. The van der Waals surface area contributed by atoms with Crippen molar-refractivity contribution >= 4 is 0 Å². The third-order valence-corrected chi connectivity index (χ3v) is 2.48. The van der Waals surface area contributed by atoms with Crippen molar-refractivity contribution in [1.82, 2.24) is 0 Å². The molecule has 1 rings (SSSR count). The van der Waals surface area contributed by atoms with E-state index >= 15 is 0 Å². The van der Waals surface area contributed by atoms with Gasteiger partial charge in [-0.15, -0.1) is 6.42 Å². The Morgan fingerprint density at radius 3 is 2.00 bits per heavy atom. The highest BCUT2D eigenvalue weighted by molar-refractivity contribution is 5.38. The van der Waals surface area contributed by atoms with E-state index in [0.29, 0.717) is 6.07 Å². The fourth-order valence-corrected chi connectivity index (χ4v) is 1.34. The van der Waals surface area contributed by atoms with Crippen LogP contribution in [-0.2, 0) is 11.6 Å². The van der Waals surface area contributed by atoms with E-state index in [9.17, 15) is 22.0 Å². The normalized spacial score (nSPS) is 12.2. The van der Waals surface area contributed by atoms with Crippen molar-refractivity contribution in [1.29, 1.82) is 0 Å². The molecule has 0 saturated heterocycles. The van der Waals surface area contributed by atoms with Gasteiger partial charge in [0.1, 0.15) is 18.8 Å². The third kappa shape index (κ3) is 2.57. The van der Waals surface area contributed by atoms with Crippen molar-refractivity contribution in [2.45, 2.75) is 11.6 Å². The number of hydrogen-bond acceptors (Lipinski definition) is 0. The van der Waals surface area contributed by atoms with Gasteiger partial charge in [0.05, 0.1) is 5.56 Å². The highest BCUT2D eigenvalue weighted by Gasteiger charge is 2.35.